The van der Waals surface area contributed by atoms with Crippen LogP contribution >= 0.6 is 0 Å². The second kappa shape index (κ2) is 15.3. The van der Waals surface area contributed by atoms with Gasteiger partial charge in [-0.1, -0.05) is 72.6 Å². The van der Waals surface area contributed by atoms with E-state index in [0.717, 1.165) is 28.2 Å². The van der Waals surface area contributed by atoms with Gasteiger partial charge in [-0.05, 0) is 75.3 Å². The van der Waals surface area contributed by atoms with Crippen LogP contribution in [-0.2, 0) is 17.8 Å². The van der Waals surface area contributed by atoms with Crippen LogP contribution in [-0.4, -0.2) is 65.6 Å². The number of para-hydroxylation sites is 1. The molecule has 0 bridgehead atoms. The topological polar surface area (TPSA) is 91.3 Å². The number of aliphatic hydroxyl groups excluding tert-OH is 1. The minimum atomic E-state index is -0.380. The Morgan fingerprint density at radius 2 is 1.55 bits per heavy atom. The van der Waals surface area contributed by atoms with E-state index in [2.05, 4.69) is 29.3 Å². The maximum absolute atomic E-state index is 13.8. The van der Waals surface area contributed by atoms with Crippen molar-refractivity contribution in [3.8, 4) is 17.2 Å². The summed E-state index contributed by atoms with van der Waals surface area (Å²) in [6, 6.07) is 28.7. The number of fused-ring (bicyclic) bond motifs is 1. The fraction of sp³-hybridized carbons (Fsp3) is 0.333. The summed E-state index contributed by atoms with van der Waals surface area (Å²) in [6.45, 7) is 9.47. The van der Waals surface area contributed by atoms with Gasteiger partial charge in [0.1, 0.15) is 17.6 Å². The average Bonchev–Trinajstić information content (AvgIpc) is 3.05. The van der Waals surface area contributed by atoms with Crippen LogP contribution in [0.2, 0.25) is 0 Å². The molecule has 1 heterocycles. The van der Waals surface area contributed by atoms with Gasteiger partial charge >= 0.3 is 0 Å². The number of rotatable bonds is 11. The average molecular weight is 636 g/mol. The van der Waals surface area contributed by atoms with E-state index >= 15 is 0 Å². The maximum atomic E-state index is 13.8. The minimum Gasteiger partial charge on any atom is -0.486 e. The molecule has 0 spiro atoms. The van der Waals surface area contributed by atoms with E-state index < -0.39 is 0 Å². The zero-order valence-corrected chi connectivity index (χ0v) is 27.9. The number of nitrogens with zero attached hydrogens (tertiary/aromatic N) is 2. The van der Waals surface area contributed by atoms with Crippen LogP contribution in [0, 0.1) is 19.8 Å². The smallest absolute Gasteiger partial charge is 0.258 e. The molecule has 0 fully saturated rings. The molecule has 0 aromatic heterocycles. The summed E-state index contributed by atoms with van der Waals surface area (Å²) in [4.78, 5) is 30.9. The van der Waals surface area contributed by atoms with E-state index in [-0.39, 0.29) is 42.9 Å². The van der Waals surface area contributed by atoms with Crippen molar-refractivity contribution in [1.82, 2.24) is 9.80 Å². The number of carbonyl (C=O) groups excluding carboxylic acids is 2. The Kier molecular flexibility index (Phi) is 11.0. The van der Waals surface area contributed by atoms with Gasteiger partial charge in [-0.25, -0.2) is 0 Å². The van der Waals surface area contributed by atoms with Gasteiger partial charge in [0.25, 0.3) is 5.91 Å². The number of hydrogen-bond acceptors (Lipinski definition) is 6. The van der Waals surface area contributed by atoms with Crippen molar-refractivity contribution < 1.29 is 24.2 Å². The van der Waals surface area contributed by atoms with Crippen molar-refractivity contribution in [2.75, 3.05) is 32.1 Å². The monoisotopic (exact) mass is 635 g/mol. The van der Waals surface area contributed by atoms with Gasteiger partial charge in [0.15, 0.2) is 5.75 Å². The molecular weight excluding hydrogens is 590 g/mol. The number of aliphatic hydroxyl groups is 1. The molecule has 1 aliphatic heterocycles. The Labute approximate surface area is 277 Å². The number of ether oxygens (including phenoxy) is 2. The molecule has 5 rings (SSSR count). The third-order valence-corrected chi connectivity index (χ3v) is 8.57. The van der Waals surface area contributed by atoms with Crippen LogP contribution in [0.15, 0.2) is 91.0 Å². The third kappa shape index (κ3) is 8.78. The van der Waals surface area contributed by atoms with E-state index in [1.807, 2.05) is 88.5 Å². The van der Waals surface area contributed by atoms with Gasteiger partial charge in [-0.3, -0.25) is 14.5 Å². The number of nitrogens with one attached hydrogen (secondary N) is 1. The summed E-state index contributed by atoms with van der Waals surface area (Å²) < 4.78 is 12.7. The van der Waals surface area contributed by atoms with Gasteiger partial charge in [-0.15, -0.1) is 0 Å². The standard InChI is InChI=1S/C39H45N3O5/c1-26-9-13-30(14-10-26)21-37(44)40-35-8-6-7-34-38(35)47-36(28(3)22-42(39(34)45)29(4)25-43)24-41(5)23-31-15-19-33(20-16-31)46-32-17-11-27(2)12-18-32/h6-20,28-29,36,43H,21-25H2,1-5H3,(H,40,44)/t28-,29+,36-/m1/s1. The van der Waals surface area contributed by atoms with Crippen molar-refractivity contribution >= 4 is 17.5 Å². The zero-order valence-electron chi connectivity index (χ0n) is 27.9. The molecule has 4 aromatic carbocycles. The van der Waals surface area contributed by atoms with Gasteiger partial charge in [0, 0.05) is 25.6 Å². The van der Waals surface area contributed by atoms with E-state index in [9.17, 15) is 14.7 Å². The highest BCUT2D eigenvalue weighted by Crippen LogP contribution is 2.35. The molecule has 0 saturated heterocycles. The van der Waals surface area contributed by atoms with Crippen LogP contribution in [0.1, 0.15) is 46.5 Å². The van der Waals surface area contributed by atoms with E-state index in [4.69, 9.17) is 9.47 Å². The van der Waals surface area contributed by atoms with Crippen molar-refractivity contribution in [2.45, 2.75) is 52.8 Å². The molecule has 0 aliphatic carbocycles. The number of carbonyl (C=O) groups is 2. The second-order valence-electron chi connectivity index (χ2n) is 12.8. The summed E-state index contributed by atoms with van der Waals surface area (Å²) in [5.41, 5.74) is 5.15. The normalized spacial score (nSPS) is 16.9. The van der Waals surface area contributed by atoms with Crippen LogP contribution in [0.3, 0.4) is 0 Å². The largest absolute Gasteiger partial charge is 0.486 e. The predicted octanol–water partition coefficient (Wildman–Crippen LogP) is 6.63. The highest BCUT2D eigenvalue weighted by atomic mass is 16.5. The molecule has 47 heavy (non-hydrogen) atoms. The number of hydrogen-bond donors (Lipinski definition) is 2. The van der Waals surface area contributed by atoms with Crippen LogP contribution in [0.5, 0.6) is 17.2 Å². The molecule has 2 N–H and O–H groups in total. The molecule has 3 atom stereocenters. The summed E-state index contributed by atoms with van der Waals surface area (Å²) in [7, 11) is 2.04. The van der Waals surface area contributed by atoms with E-state index in [1.54, 1.807) is 23.1 Å². The molecule has 0 radical (unpaired) electrons. The lowest BCUT2D eigenvalue weighted by atomic mass is 9.98. The molecule has 8 nitrogen and oxygen atoms in total. The molecule has 8 heteroatoms. The Balaban J connectivity index is 1.33. The van der Waals surface area contributed by atoms with Gasteiger partial charge in [-0.2, -0.15) is 0 Å². The molecule has 2 amide bonds. The number of amides is 2. The van der Waals surface area contributed by atoms with E-state index in [1.165, 1.54) is 5.56 Å². The zero-order chi connectivity index (χ0) is 33.5. The SMILES string of the molecule is Cc1ccc(CC(=O)Nc2cccc3c2O[C@H](CN(C)Cc2ccc(Oc4ccc(C)cc4)cc2)[C@H](C)CN([C@@H](C)CO)C3=O)cc1. The Bertz CT molecular complexity index is 1650. The van der Waals surface area contributed by atoms with Crippen molar-refractivity contribution in [3.63, 3.8) is 0 Å². The molecular formula is C39H45N3O5. The van der Waals surface area contributed by atoms with Gasteiger partial charge in [0.05, 0.1) is 30.3 Å². The van der Waals surface area contributed by atoms with E-state index in [0.29, 0.717) is 36.6 Å². The quantitative estimate of drug-likeness (QED) is 0.192. The predicted molar refractivity (Wildman–Crippen MR) is 185 cm³/mol. The fourth-order valence-corrected chi connectivity index (χ4v) is 5.73. The number of aryl methyl sites for hydroxylation is 2. The fourth-order valence-electron chi connectivity index (χ4n) is 5.73. The Hall–Kier alpha value is -4.66. The van der Waals surface area contributed by atoms with Gasteiger partial charge in [0.2, 0.25) is 5.91 Å². The van der Waals surface area contributed by atoms with Crippen LogP contribution in [0.4, 0.5) is 5.69 Å². The number of benzene rings is 4. The summed E-state index contributed by atoms with van der Waals surface area (Å²) in [5.74, 6) is 1.43. The number of anilines is 1. The minimum absolute atomic E-state index is 0.0647. The summed E-state index contributed by atoms with van der Waals surface area (Å²) in [5, 5.41) is 13.0. The molecule has 4 aromatic rings. The van der Waals surface area contributed by atoms with Gasteiger partial charge < -0.3 is 24.8 Å². The first kappa shape index (κ1) is 33.7. The maximum Gasteiger partial charge on any atom is 0.258 e. The lowest BCUT2D eigenvalue weighted by Gasteiger charge is -2.38. The second-order valence-corrected chi connectivity index (χ2v) is 12.8. The first-order valence-corrected chi connectivity index (χ1v) is 16.2. The first-order valence-electron chi connectivity index (χ1n) is 16.2. The Morgan fingerprint density at radius 3 is 2.19 bits per heavy atom. The first-order chi connectivity index (χ1) is 22.6. The third-order valence-electron chi connectivity index (χ3n) is 8.57. The summed E-state index contributed by atoms with van der Waals surface area (Å²) >= 11 is 0. The highest BCUT2D eigenvalue weighted by molar-refractivity contribution is 6.02. The van der Waals surface area contributed by atoms with Crippen molar-refractivity contribution in [1.29, 1.82) is 0 Å². The highest BCUT2D eigenvalue weighted by Gasteiger charge is 2.34. The van der Waals surface area contributed by atoms with Crippen molar-refractivity contribution in [3.05, 3.63) is 119 Å². The number of likely N-dealkylation sites (N-methyl/N-ethyl adjacent to an activating group) is 1. The molecule has 0 saturated carbocycles. The lowest BCUT2D eigenvalue weighted by Crippen LogP contribution is -2.49. The molecule has 1 aliphatic rings. The van der Waals surface area contributed by atoms with Crippen molar-refractivity contribution in [2.24, 2.45) is 5.92 Å². The summed E-state index contributed by atoms with van der Waals surface area (Å²) in [6.07, 6.45) is -0.109. The molecule has 0 unspecified atom stereocenters. The Morgan fingerprint density at radius 1 is 0.957 bits per heavy atom. The lowest BCUT2D eigenvalue weighted by molar-refractivity contribution is -0.115. The van der Waals surface area contributed by atoms with Crippen LogP contribution in [0.25, 0.3) is 0 Å². The van der Waals surface area contributed by atoms with Crippen LogP contribution < -0.4 is 14.8 Å². The molecule has 246 valence electrons.